The molecule has 29 heavy (non-hydrogen) atoms. The molecular weight excluding hydrogens is 368 g/mol. The highest BCUT2D eigenvalue weighted by atomic mass is 16.5. The first kappa shape index (κ1) is 20.2. The summed E-state index contributed by atoms with van der Waals surface area (Å²) in [7, 11) is 0. The summed E-state index contributed by atoms with van der Waals surface area (Å²) in [6, 6.07) is 21.5. The topological polar surface area (TPSA) is 80.7 Å². The quantitative estimate of drug-likeness (QED) is 0.493. The number of rotatable bonds is 7. The second-order valence-corrected chi connectivity index (χ2v) is 6.57. The fourth-order valence-corrected chi connectivity index (χ4v) is 2.91. The summed E-state index contributed by atoms with van der Waals surface area (Å²) < 4.78 is 5.10. The molecule has 0 heterocycles. The molecular formula is C24H20O5. The molecule has 146 valence electrons. The summed E-state index contributed by atoms with van der Waals surface area (Å²) in [5.74, 6) is -1.59. The van der Waals surface area contributed by atoms with Gasteiger partial charge in [0.25, 0.3) is 0 Å². The van der Waals surface area contributed by atoms with Gasteiger partial charge in [-0.25, -0.2) is 4.79 Å². The van der Waals surface area contributed by atoms with Crippen LogP contribution in [0.5, 0.6) is 0 Å². The lowest BCUT2D eigenvalue weighted by Crippen LogP contribution is -2.20. The van der Waals surface area contributed by atoms with Gasteiger partial charge in [0.15, 0.2) is 11.6 Å². The third kappa shape index (κ3) is 4.65. The molecule has 0 saturated heterocycles. The standard InChI is InChI=1S/C24H20O5/c1-16(25)15-29-24(28)20-14-8-13-19(22(26)17-9-4-2-5-10-17)21(20)23(27)18-11-6-3-7-12-18/h2-14,16,25H,15H2,1H3. The van der Waals surface area contributed by atoms with Crippen molar-refractivity contribution in [3.05, 3.63) is 107 Å². The fourth-order valence-electron chi connectivity index (χ4n) is 2.91. The molecule has 1 atom stereocenters. The highest BCUT2D eigenvalue weighted by Crippen LogP contribution is 2.23. The van der Waals surface area contributed by atoms with E-state index in [1.807, 2.05) is 0 Å². The molecule has 0 radical (unpaired) electrons. The summed E-state index contributed by atoms with van der Waals surface area (Å²) in [5.41, 5.74) is 0.857. The molecule has 0 aliphatic heterocycles. The first-order valence-electron chi connectivity index (χ1n) is 9.16. The number of esters is 1. The maximum Gasteiger partial charge on any atom is 0.338 e. The van der Waals surface area contributed by atoms with Crippen molar-refractivity contribution in [3.63, 3.8) is 0 Å². The predicted molar refractivity (Wildman–Crippen MR) is 108 cm³/mol. The third-order valence-corrected chi connectivity index (χ3v) is 4.28. The highest BCUT2D eigenvalue weighted by molar-refractivity contribution is 6.22. The number of carbonyl (C=O) groups excluding carboxylic acids is 3. The zero-order chi connectivity index (χ0) is 20.8. The van der Waals surface area contributed by atoms with E-state index in [2.05, 4.69) is 0 Å². The Balaban J connectivity index is 2.13. The second kappa shape index (κ2) is 9.08. The Kier molecular flexibility index (Phi) is 6.32. The van der Waals surface area contributed by atoms with Crippen molar-refractivity contribution in [1.29, 1.82) is 0 Å². The van der Waals surface area contributed by atoms with Crippen LogP contribution in [0.25, 0.3) is 0 Å². The van der Waals surface area contributed by atoms with E-state index in [-0.39, 0.29) is 29.1 Å². The normalized spacial score (nSPS) is 11.5. The summed E-state index contributed by atoms with van der Waals surface area (Å²) in [6.07, 6.45) is -0.846. The Hall–Kier alpha value is -3.57. The van der Waals surface area contributed by atoms with Gasteiger partial charge >= 0.3 is 5.97 Å². The van der Waals surface area contributed by atoms with Crippen LogP contribution in [-0.2, 0) is 4.74 Å². The van der Waals surface area contributed by atoms with Crippen LogP contribution in [0.15, 0.2) is 78.9 Å². The largest absolute Gasteiger partial charge is 0.459 e. The first-order valence-corrected chi connectivity index (χ1v) is 9.16. The molecule has 1 N–H and O–H groups in total. The lowest BCUT2D eigenvalue weighted by Gasteiger charge is -2.14. The predicted octanol–water partition coefficient (Wildman–Crippen LogP) is 3.69. The summed E-state index contributed by atoms with van der Waals surface area (Å²) in [4.78, 5) is 39.0. The summed E-state index contributed by atoms with van der Waals surface area (Å²) in [5, 5.41) is 9.40. The van der Waals surface area contributed by atoms with Gasteiger partial charge in [-0.2, -0.15) is 0 Å². The Morgan fingerprint density at radius 3 is 1.83 bits per heavy atom. The van der Waals surface area contributed by atoms with Crippen molar-refractivity contribution in [2.45, 2.75) is 13.0 Å². The minimum atomic E-state index is -0.846. The monoisotopic (exact) mass is 388 g/mol. The Morgan fingerprint density at radius 1 is 0.759 bits per heavy atom. The lowest BCUT2D eigenvalue weighted by molar-refractivity contribution is 0.0295. The Labute approximate surface area is 168 Å². The molecule has 0 saturated carbocycles. The molecule has 0 aliphatic carbocycles. The van der Waals surface area contributed by atoms with Crippen molar-refractivity contribution in [3.8, 4) is 0 Å². The van der Waals surface area contributed by atoms with Crippen LogP contribution < -0.4 is 0 Å². The van der Waals surface area contributed by atoms with E-state index < -0.39 is 17.9 Å². The smallest absolute Gasteiger partial charge is 0.338 e. The maximum absolute atomic E-state index is 13.3. The van der Waals surface area contributed by atoms with Crippen LogP contribution in [0.4, 0.5) is 0 Å². The number of aliphatic hydroxyl groups excluding tert-OH is 1. The van der Waals surface area contributed by atoms with Crippen molar-refractivity contribution >= 4 is 17.5 Å². The summed E-state index contributed by atoms with van der Waals surface area (Å²) >= 11 is 0. The zero-order valence-corrected chi connectivity index (χ0v) is 15.9. The van der Waals surface area contributed by atoms with Gasteiger partial charge in [0.2, 0.25) is 0 Å². The Bertz CT molecular complexity index is 1020. The average Bonchev–Trinajstić information content (AvgIpc) is 2.77. The van der Waals surface area contributed by atoms with E-state index in [9.17, 15) is 19.5 Å². The lowest BCUT2D eigenvalue weighted by atomic mass is 9.89. The molecule has 0 amide bonds. The van der Waals surface area contributed by atoms with Gasteiger partial charge in [-0.15, -0.1) is 0 Å². The molecule has 3 rings (SSSR count). The van der Waals surface area contributed by atoms with Crippen LogP contribution in [0.3, 0.4) is 0 Å². The fraction of sp³-hybridized carbons (Fsp3) is 0.125. The van der Waals surface area contributed by atoms with Gasteiger partial charge in [0.05, 0.1) is 11.7 Å². The van der Waals surface area contributed by atoms with Gasteiger partial charge in [0.1, 0.15) is 6.61 Å². The Morgan fingerprint density at radius 2 is 1.28 bits per heavy atom. The van der Waals surface area contributed by atoms with Gasteiger partial charge < -0.3 is 9.84 Å². The minimum absolute atomic E-state index is 0.0110. The molecule has 0 fully saturated rings. The molecule has 0 aliphatic rings. The van der Waals surface area contributed by atoms with Crippen molar-refractivity contribution < 1.29 is 24.2 Å². The van der Waals surface area contributed by atoms with Gasteiger partial charge in [-0.3, -0.25) is 9.59 Å². The molecule has 0 spiro atoms. The molecule has 5 heteroatoms. The van der Waals surface area contributed by atoms with Gasteiger partial charge in [-0.05, 0) is 13.0 Å². The average molecular weight is 388 g/mol. The van der Waals surface area contributed by atoms with E-state index in [1.54, 1.807) is 60.7 Å². The number of hydrogen-bond acceptors (Lipinski definition) is 5. The maximum atomic E-state index is 13.3. The van der Waals surface area contributed by atoms with E-state index in [0.717, 1.165) is 0 Å². The van der Waals surface area contributed by atoms with Gasteiger partial charge in [-0.1, -0.05) is 72.8 Å². The van der Waals surface area contributed by atoms with E-state index >= 15 is 0 Å². The number of ether oxygens (including phenoxy) is 1. The number of ketones is 2. The van der Waals surface area contributed by atoms with E-state index in [4.69, 9.17) is 4.74 Å². The van der Waals surface area contributed by atoms with Crippen molar-refractivity contribution in [1.82, 2.24) is 0 Å². The molecule has 5 nitrogen and oxygen atoms in total. The number of benzene rings is 3. The number of hydrogen-bond donors (Lipinski definition) is 1. The summed E-state index contributed by atoms with van der Waals surface area (Å²) in [6.45, 7) is 1.27. The van der Waals surface area contributed by atoms with Crippen LogP contribution >= 0.6 is 0 Å². The highest BCUT2D eigenvalue weighted by Gasteiger charge is 2.26. The van der Waals surface area contributed by atoms with Crippen LogP contribution in [0.2, 0.25) is 0 Å². The molecule has 1 unspecified atom stereocenters. The third-order valence-electron chi connectivity index (χ3n) is 4.28. The first-order chi connectivity index (χ1) is 14.0. The molecule has 0 aromatic heterocycles. The van der Waals surface area contributed by atoms with Crippen LogP contribution in [-0.4, -0.2) is 35.4 Å². The molecule has 0 bridgehead atoms. The second-order valence-electron chi connectivity index (χ2n) is 6.57. The SMILES string of the molecule is CC(O)COC(=O)c1cccc(C(=O)c2ccccc2)c1C(=O)c1ccccc1. The van der Waals surface area contributed by atoms with E-state index in [1.165, 1.54) is 25.1 Å². The van der Waals surface area contributed by atoms with Crippen molar-refractivity contribution in [2.24, 2.45) is 0 Å². The van der Waals surface area contributed by atoms with Crippen LogP contribution in [0, 0.1) is 0 Å². The van der Waals surface area contributed by atoms with Crippen molar-refractivity contribution in [2.75, 3.05) is 6.61 Å². The van der Waals surface area contributed by atoms with Crippen LogP contribution in [0.1, 0.15) is 49.1 Å². The zero-order valence-electron chi connectivity index (χ0n) is 15.9. The molecule has 3 aromatic rings. The van der Waals surface area contributed by atoms with E-state index in [0.29, 0.717) is 11.1 Å². The number of aliphatic hydroxyl groups is 1. The number of carbonyl (C=O) groups is 3. The van der Waals surface area contributed by atoms with Gasteiger partial charge in [0, 0.05) is 22.3 Å². The minimum Gasteiger partial charge on any atom is -0.459 e. The molecule has 3 aromatic carbocycles.